The zero-order valence-corrected chi connectivity index (χ0v) is 12.7. The molecule has 0 spiro atoms. The maximum atomic E-state index is 12.4. The molecule has 2 unspecified atom stereocenters. The van der Waals surface area contributed by atoms with Gasteiger partial charge in [-0.15, -0.1) is 0 Å². The molecule has 0 aliphatic carbocycles. The van der Waals surface area contributed by atoms with Crippen LogP contribution in [0.4, 0.5) is 0 Å². The first-order chi connectivity index (χ1) is 10.1. The molecule has 1 aromatic heterocycles. The number of methoxy groups -OCH3 is 1. The van der Waals surface area contributed by atoms with Gasteiger partial charge in [-0.05, 0) is 26.0 Å². The Labute approximate surface area is 124 Å². The largest absolute Gasteiger partial charge is 0.459 e. The summed E-state index contributed by atoms with van der Waals surface area (Å²) in [7, 11) is 1.53. The minimum Gasteiger partial charge on any atom is -0.459 e. The highest BCUT2D eigenvalue weighted by atomic mass is 16.5. The van der Waals surface area contributed by atoms with Crippen LogP contribution in [0.2, 0.25) is 0 Å². The van der Waals surface area contributed by atoms with Gasteiger partial charge in [-0.2, -0.15) is 0 Å². The quantitative estimate of drug-likeness (QED) is 0.886. The first-order valence-electron chi connectivity index (χ1n) is 7.12. The lowest BCUT2D eigenvalue weighted by molar-refractivity contribution is -0.136. The van der Waals surface area contributed by atoms with Crippen molar-refractivity contribution in [3.8, 4) is 0 Å². The van der Waals surface area contributed by atoms with Crippen LogP contribution in [0.15, 0.2) is 34.7 Å². The molecule has 114 valence electrons. The normalized spacial score (nSPS) is 14.1. The van der Waals surface area contributed by atoms with Gasteiger partial charge in [0, 0.05) is 19.0 Å². The van der Waals surface area contributed by atoms with E-state index < -0.39 is 6.04 Å². The Balaban J connectivity index is 2.22. The molecule has 1 heterocycles. The number of hydrogen-bond donors (Lipinski definition) is 1. The summed E-state index contributed by atoms with van der Waals surface area (Å²) < 4.78 is 10.8. The van der Waals surface area contributed by atoms with Gasteiger partial charge in [0.25, 0.3) is 0 Å². The maximum Gasteiger partial charge on any atom is 0.242 e. The minimum atomic E-state index is -0.651. The Morgan fingerprint density at radius 2 is 2.14 bits per heavy atom. The first kappa shape index (κ1) is 15.5. The van der Waals surface area contributed by atoms with Gasteiger partial charge >= 0.3 is 0 Å². The van der Waals surface area contributed by atoms with Crippen LogP contribution in [-0.4, -0.2) is 37.1 Å². The molecule has 0 saturated carbocycles. The molecule has 0 radical (unpaired) electrons. The zero-order chi connectivity index (χ0) is 15.4. The summed E-state index contributed by atoms with van der Waals surface area (Å²) in [5, 5.41) is 1.03. The molecule has 5 nitrogen and oxygen atoms in total. The number of nitrogens with two attached hydrogens (primary N) is 1. The lowest BCUT2D eigenvalue weighted by atomic mass is 10.1. The predicted molar refractivity (Wildman–Crippen MR) is 81.9 cm³/mol. The van der Waals surface area contributed by atoms with Crippen molar-refractivity contribution in [3.63, 3.8) is 0 Å². The summed E-state index contributed by atoms with van der Waals surface area (Å²) in [5.74, 6) is 0.628. The number of carbonyl (C=O) groups excluding carboxylic acids is 1. The van der Waals surface area contributed by atoms with Crippen LogP contribution in [0, 0.1) is 0 Å². The Morgan fingerprint density at radius 1 is 1.43 bits per heavy atom. The fourth-order valence-electron chi connectivity index (χ4n) is 2.45. The molecule has 2 rings (SSSR count). The molecule has 2 atom stereocenters. The zero-order valence-electron chi connectivity index (χ0n) is 12.7. The molecule has 1 amide bonds. The number of fused-ring (bicyclic) bond motifs is 1. The number of benzene rings is 1. The van der Waals surface area contributed by atoms with Gasteiger partial charge in [0.15, 0.2) is 0 Å². The van der Waals surface area contributed by atoms with E-state index in [1.165, 1.54) is 7.11 Å². The topological polar surface area (TPSA) is 68.7 Å². The van der Waals surface area contributed by atoms with E-state index in [-0.39, 0.29) is 18.6 Å². The summed E-state index contributed by atoms with van der Waals surface area (Å²) in [6, 6.07) is 8.95. The van der Waals surface area contributed by atoms with E-state index in [2.05, 4.69) is 0 Å². The van der Waals surface area contributed by atoms with Crippen molar-refractivity contribution >= 4 is 16.9 Å². The highest BCUT2D eigenvalue weighted by Gasteiger charge is 2.26. The van der Waals surface area contributed by atoms with Crippen molar-refractivity contribution in [1.29, 1.82) is 0 Å². The molecule has 0 fully saturated rings. The third-order valence-corrected chi connectivity index (χ3v) is 3.61. The van der Waals surface area contributed by atoms with Crippen LogP contribution in [0.5, 0.6) is 0 Å². The van der Waals surface area contributed by atoms with Crippen LogP contribution in [0.25, 0.3) is 11.0 Å². The lowest BCUT2D eigenvalue weighted by Crippen LogP contribution is -2.46. The van der Waals surface area contributed by atoms with E-state index in [9.17, 15) is 4.79 Å². The van der Waals surface area contributed by atoms with Crippen LogP contribution < -0.4 is 5.73 Å². The highest BCUT2D eigenvalue weighted by Crippen LogP contribution is 2.27. The van der Waals surface area contributed by atoms with Crippen LogP contribution in [-0.2, 0) is 9.53 Å². The van der Waals surface area contributed by atoms with Crippen LogP contribution in [0.1, 0.15) is 25.6 Å². The third kappa shape index (κ3) is 3.25. The molecule has 2 N–H and O–H groups in total. The predicted octanol–water partition coefficient (Wildman–Crippen LogP) is 2.32. The fraction of sp³-hybridized carbons (Fsp3) is 0.438. The van der Waals surface area contributed by atoms with E-state index in [1.807, 2.05) is 44.2 Å². The SMILES string of the molecule is CCN(C(=O)C(N)COC)C(C)c1cc2ccccc2o1. The van der Waals surface area contributed by atoms with Crippen molar-refractivity contribution in [2.24, 2.45) is 5.73 Å². The average molecular weight is 290 g/mol. The monoisotopic (exact) mass is 290 g/mol. The Morgan fingerprint density at radius 3 is 2.76 bits per heavy atom. The molecule has 5 heteroatoms. The van der Waals surface area contributed by atoms with Crippen molar-refractivity contribution in [2.45, 2.75) is 25.9 Å². The molecule has 2 aromatic rings. The summed E-state index contributed by atoms with van der Waals surface area (Å²) in [6.07, 6.45) is 0. The van der Waals surface area contributed by atoms with E-state index in [0.29, 0.717) is 6.54 Å². The summed E-state index contributed by atoms with van der Waals surface area (Å²) in [6.45, 7) is 4.64. The average Bonchev–Trinajstić information content (AvgIpc) is 2.91. The number of furan rings is 1. The van der Waals surface area contributed by atoms with E-state index in [1.54, 1.807) is 4.90 Å². The molecule has 0 bridgehead atoms. The Bertz CT molecular complexity index is 575. The number of hydrogen-bond acceptors (Lipinski definition) is 4. The fourth-order valence-corrected chi connectivity index (χ4v) is 2.45. The Kier molecular flexibility index (Phi) is 4.98. The minimum absolute atomic E-state index is 0.132. The number of rotatable bonds is 6. The molecule has 21 heavy (non-hydrogen) atoms. The molecular formula is C16H22N2O3. The standard InChI is InChI=1S/C16H22N2O3/c1-4-18(16(19)13(17)10-20-3)11(2)15-9-12-7-5-6-8-14(12)21-15/h5-9,11,13H,4,10,17H2,1-3H3. The second-order valence-electron chi connectivity index (χ2n) is 5.05. The number of amides is 1. The number of carbonyl (C=O) groups is 1. The van der Waals surface area contributed by atoms with E-state index >= 15 is 0 Å². The van der Waals surface area contributed by atoms with Gasteiger partial charge in [0.2, 0.25) is 5.91 Å². The van der Waals surface area contributed by atoms with Gasteiger partial charge in [-0.1, -0.05) is 18.2 Å². The van der Waals surface area contributed by atoms with E-state index in [0.717, 1.165) is 16.7 Å². The third-order valence-electron chi connectivity index (χ3n) is 3.61. The second-order valence-corrected chi connectivity index (χ2v) is 5.05. The van der Waals surface area contributed by atoms with Gasteiger partial charge in [0.1, 0.15) is 17.4 Å². The van der Waals surface area contributed by atoms with Crippen LogP contribution in [0.3, 0.4) is 0 Å². The second kappa shape index (κ2) is 6.74. The molecule has 0 aliphatic heterocycles. The molecule has 1 aromatic carbocycles. The van der Waals surface area contributed by atoms with Crippen molar-refractivity contribution < 1.29 is 13.9 Å². The lowest BCUT2D eigenvalue weighted by Gasteiger charge is -2.29. The van der Waals surface area contributed by atoms with Crippen molar-refractivity contribution in [1.82, 2.24) is 4.90 Å². The maximum absolute atomic E-state index is 12.4. The number of nitrogens with zero attached hydrogens (tertiary/aromatic N) is 1. The van der Waals surface area contributed by atoms with Gasteiger partial charge < -0.3 is 19.8 Å². The first-order valence-corrected chi connectivity index (χ1v) is 7.12. The number of likely N-dealkylation sites (N-methyl/N-ethyl adjacent to an activating group) is 1. The van der Waals surface area contributed by atoms with Gasteiger partial charge in [0.05, 0.1) is 12.6 Å². The molecule has 0 saturated heterocycles. The summed E-state index contributed by atoms with van der Waals surface area (Å²) >= 11 is 0. The van der Waals surface area contributed by atoms with Gasteiger partial charge in [-0.25, -0.2) is 0 Å². The van der Waals surface area contributed by atoms with Crippen molar-refractivity contribution in [3.05, 3.63) is 36.1 Å². The summed E-state index contributed by atoms with van der Waals surface area (Å²) in [5.41, 5.74) is 6.67. The smallest absolute Gasteiger partial charge is 0.242 e. The van der Waals surface area contributed by atoms with E-state index in [4.69, 9.17) is 14.9 Å². The van der Waals surface area contributed by atoms with Gasteiger partial charge in [-0.3, -0.25) is 4.79 Å². The molecular weight excluding hydrogens is 268 g/mol. The van der Waals surface area contributed by atoms with Crippen molar-refractivity contribution in [2.75, 3.05) is 20.3 Å². The highest BCUT2D eigenvalue weighted by molar-refractivity contribution is 5.82. The Hall–Kier alpha value is -1.85. The summed E-state index contributed by atoms with van der Waals surface area (Å²) in [4.78, 5) is 14.1. The molecule has 0 aliphatic rings. The number of ether oxygens (including phenoxy) is 1. The van der Waals surface area contributed by atoms with Crippen LogP contribution >= 0.6 is 0 Å². The number of para-hydroxylation sites is 1.